The maximum atomic E-state index is 12.5. The van der Waals surface area contributed by atoms with Gasteiger partial charge in [0.25, 0.3) is 16.0 Å². The van der Waals surface area contributed by atoms with Crippen molar-refractivity contribution in [3.05, 3.63) is 65.7 Å². The Balaban J connectivity index is 1.47. The average molecular weight is 468 g/mol. The van der Waals surface area contributed by atoms with Crippen LogP contribution in [0.5, 0.6) is 0 Å². The maximum absolute atomic E-state index is 12.5. The fourth-order valence-electron chi connectivity index (χ4n) is 2.94. The number of alkyl halides is 1. The molecular weight excluding hydrogens is 446 g/mol. The van der Waals surface area contributed by atoms with Gasteiger partial charge in [0.2, 0.25) is 0 Å². The highest BCUT2D eigenvalue weighted by molar-refractivity contribution is 9.09. The van der Waals surface area contributed by atoms with Gasteiger partial charge < -0.3 is 9.64 Å². The van der Waals surface area contributed by atoms with Crippen LogP contribution in [0.3, 0.4) is 0 Å². The highest BCUT2D eigenvalue weighted by atomic mass is 79.9. The molecule has 1 heterocycles. The van der Waals surface area contributed by atoms with Crippen LogP contribution in [0, 0.1) is 6.92 Å². The van der Waals surface area contributed by atoms with Crippen molar-refractivity contribution in [2.24, 2.45) is 0 Å². The van der Waals surface area contributed by atoms with Crippen LogP contribution in [0.1, 0.15) is 15.9 Å². The number of ether oxygens (including phenoxy) is 1. The number of likely N-dealkylation sites (tertiary alicyclic amines) is 1. The summed E-state index contributed by atoms with van der Waals surface area (Å²) in [5, 5.41) is 0. The highest BCUT2D eigenvalue weighted by Crippen LogP contribution is 2.22. The second-order valence-corrected chi connectivity index (χ2v) is 9.38. The molecule has 2 unspecified atom stereocenters. The molecule has 0 saturated carbocycles. The van der Waals surface area contributed by atoms with Crippen LogP contribution in [-0.4, -0.2) is 56.5 Å². The molecule has 1 aliphatic heterocycles. The number of hydrogen-bond donors (Lipinski definition) is 0. The standard InChI is InChI=1S/C20H22BrNO5S/c1-15-7-9-17(10-8-15)28(24,25)27-12-11-26-19-14-22(13-18(19)21)20(23)16-5-3-2-4-6-16/h2-10,18-19H,11-14H2,1H3. The predicted octanol–water partition coefficient (Wildman–Crippen LogP) is 3.01. The molecule has 1 fully saturated rings. The van der Waals surface area contributed by atoms with E-state index in [0.717, 1.165) is 5.56 Å². The van der Waals surface area contributed by atoms with Gasteiger partial charge in [0.1, 0.15) is 0 Å². The topological polar surface area (TPSA) is 72.9 Å². The van der Waals surface area contributed by atoms with Crippen LogP contribution >= 0.6 is 15.9 Å². The molecule has 2 atom stereocenters. The predicted molar refractivity (Wildman–Crippen MR) is 109 cm³/mol. The Morgan fingerprint density at radius 3 is 2.43 bits per heavy atom. The number of nitrogens with zero attached hydrogens (tertiary/aromatic N) is 1. The minimum atomic E-state index is -3.80. The molecule has 8 heteroatoms. The van der Waals surface area contributed by atoms with Crippen molar-refractivity contribution < 1.29 is 22.1 Å². The van der Waals surface area contributed by atoms with E-state index in [4.69, 9.17) is 8.92 Å². The van der Waals surface area contributed by atoms with Crippen LogP contribution in [0.4, 0.5) is 0 Å². The Labute approximate surface area is 173 Å². The molecule has 2 aromatic carbocycles. The molecular formula is C20H22BrNO5S. The number of rotatable bonds is 7. The number of hydrogen-bond acceptors (Lipinski definition) is 5. The van der Waals surface area contributed by atoms with Gasteiger partial charge in [-0.25, -0.2) is 0 Å². The summed E-state index contributed by atoms with van der Waals surface area (Å²) in [5.74, 6) is -0.0469. The highest BCUT2D eigenvalue weighted by Gasteiger charge is 2.34. The molecule has 1 amide bonds. The maximum Gasteiger partial charge on any atom is 0.297 e. The van der Waals surface area contributed by atoms with Crippen LogP contribution in [-0.2, 0) is 19.0 Å². The molecule has 0 radical (unpaired) electrons. The third-order valence-corrected chi connectivity index (χ3v) is 6.68. The van der Waals surface area contributed by atoms with Crippen molar-refractivity contribution in [2.45, 2.75) is 22.8 Å². The van der Waals surface area contributed by atoms with Crippen LogP contribution in [0.15, 0.2) is 59.5 Å². The first kappa shape index (κ1) is 21.0. The smallest absolute Gasteiger partial charge is 0.297 e. The van der Waals surface area contributed by atoms with Crippen molar-refractivity contribution in [2.75, 3.05) is 26.3 Å². The SMILES string of the molecule is Cc1ccc(S(=O)(=O)OCCOC2CN(C(=O)c3ccccc3)CC2Br)cc1. The number of amides is 1. The Hall–Kier alpha value is -1.74. The van der Waals surface area contributed by atoms with Gasteiger partial charge in [0.15, 0.2) is 0 Å². The first-order valence-corrected chi connectivity index (χ1v) is 11.3. The van der Waals surface area contributed by atoms with E-state index >= 15 is 0 Å². The first-order chi connectivity index (χ1) is 13.4. The zero-order valence-electron chi connectivity index (χ0n) is 15.5. The minimum Gasteiger partial charge on any atom is -0.373 e. The fraction of sp³-hybridized carbons (Fsp3) is 0.350. The van der Waals surface area contributed by atoms with Gasteiger partial charge in [-0.2, -0.15) is 8.42 Å². The van der Waals surface area contributed by atoms with Crippen molar-refractivity contribution in [1.29, 1.82) is 0 Å². The van der Waals surface area contributed by atoms with E-state index in [9.17, 15) is 13.2 Å². The number of benzene rings is 2. The Kier molecular flexibility index (Phi) is 6.87. The fourth-order valence-corrected chi connectivity index (χ4v) is 4.50. The van der Waals surface area contributed by atoms with Gasteiger partial charge in [-0.15, -0.1) is 0 Å². The quantitative estimate of drug-likeness (QED) is 0.355. The summed E-state index contributed by atoms with van der Waals surface area (Å²) >= 11 is 3.54. The van der Waals surface area contributed by atoms with Crippen LogP contribution in [0.2, 0.25) is 0 Å². The number of halogens is 1. The van der Waals surface area contributed by atoms with E-state index < -0.39 is 10.1 Å². The number of aryl methyl sites for hydroxylation is 1. The van der Waals surface area contributed by atoms with Gasteiger partial charge in [0, 0.05) is 18.7 Å². The summed E-state index contributed by atoms with van der Waals surface area (Å²) in [6.45, 7) is 2.88. The molecule has 0 spiro atoms. The molecule has 1 saturated heterocycles. The molecule has 2 aromatic rings. The lowest BCUT2D eigenvalue weighted by Crippen LogP contribution is -2.30. The van der Waals surface area contributed by atoms with Crippen LogP contribution in [0.25, 0.3) is 0 Å². The normalized spacial score (nSPS) is 19.7. The van der Waals surface area contributed by atoms with E-state index in [0.29, 0.717) is 18.7 Å². The Morgan fingerprint density at radius 2 is 1.75 bits per heavy atom. The second kappa shape index (κ2) is 9.17. The third-order valence-electron chi connectivity index (χ3n) is 4.47. The summed E-state index contributed by atoms with van der Waals surface area (Å²) in [4.78, 5) is 14.4. The van der Waals surface area contributed by atoms with E-state index in [1.54, 1.807) is 29.2 Å². The molecule has 1 aliphatic rings. The molecule has 3 rings (SSSR count). The summed E-state index contributed by atoms with van der Waals surface area (Å²) in [6, 6.07) is 15.6. The van der Waals surface area contributed by atoms with Crippen molar-refractivity contribution >= 4 is 32.0 Å². The monoisotopic (exact) mass is 467 g/mol. The van der Waals surface area contributed by atoms with Gasteiger partial charge in [0.05, 0.1) is 29.0 Å². The summed E-state index contributed by atoms with van der Waals surface area (Å²) in [6.07, 6.45) is -0.224. The molecule has 0 aliphatic carbocycles. The van der Waals surface area contributed by atoms with Gasteiger partial charge in [-0.05, 0) is 31.2 Å². The van der Waals surface area contributed by atoms with Crippen molar-refractivity contribution in [3.8, 4) is 0 Å². The summed E-state index contributed by atoms with van der Waals surface area (Å²) in [5.41, 5.74) is 1.61. The lowest BCUT2D eigenvalue weighted by Gasteiger charge is -2.16. The molecule has 0 aromatic heterocycles. The van der Waals surface area contributed by atoms with E-state index in [1.807, 2.05) is 25.1 Å². The third kappa shape index (κ3) is 5.20. The Bertz CT molecular complexity index is 902. The molecule has 0 N–H and O–H groups in total. The van der Waals surface area contributed by atoms with E-state index in [1.165, 1.54) is 12.1 Å². The molecule has 6 nitrogen and oxygen atoms in total. The van der Waals surface area contributed by atoms with Crippen LogP contribution < -0.4 is 0 Å². The lowest BCUT2D eigenvalue weighted by molar-refractivity contribution is 0.0411. The Morgan fingerprint density at radius 1 is 1.07 bits per heavy atom. The molecule has 150 valence electrons. The minimum absolute atomic E-state index is 0.0196. The van der Waals surface area contributed by atoms with E-state index in [-0.39, 0.29) is 34.9 Å². The second-order valence-electron chi connectivity index (χ2n) is 6.59. The lowest BCUT2D eigenvalue weighted by atomic mass is 10.2. The van der Waals surface area contributed by atoms with E-state index in [2.05, 4.69) is 15.9 Å². The summed E-state index contributed by atoms with van der Waals surface area (Å²) < 4.78 is 35.1. The molecule has 0 bridgehead atoms. The zero-order chi connectivity index (χ0) is 20.1. The number of carbonyl (C=O) groups excluding carboxylic acids is 1. The number of carbonyl (C=O) groups is 1. The zero-order valence-corrected chi connectivity index (χ0v) is 17.9. The molecule has 28 heavy (non-hydrogen) atoms. The van der Waals surface area contributed by atoms with Gasteiger partial charge in [-0.3, -0.25) is 8.98 Å². The average Bonchev–Trinajstić information content (AvgIpc) is 3.06. The van der Waals surface area contributed by atoms with Gasteiger partial charge >= 0.3 is 0 Å². The van der Waals surface area contributed by atoms with Crippen molar-refractivity contribution in [1.82, 2.24) is 4.90 Å². The largest absolute Gasteiger partial charge is 0.373 e. The summed E-state index contributed by atoms with van der Waals surface area (Å²) in [7, 11) is -3.80. The van der Waals surface area contributed by atoms with Crippen molar-refractivity contribution in [3.63, 3.8) is 0 Å². The van der Waals surface area contributed by atoms with Gasteiger partial charge in [-0.1, -0.05) is 51.8 Å². The first-order valence-electron chi connectivity index (χ1n) is 8.93.